The van der Waals surface area contributed by atoms with Crippen LogP contribution in [-0.4, -0.2) is 53.2 Å². The van der Waals surface area contributed by atoms with Crippen LogP contribution in [0, 0.1) is 0 Å². The van der Waals surface area contributed by atoms with Crippen LogP contribution in [0.3, 0.4) is 0 Å². The van der Waals surface area contributed by atoms with E-state index in [1.807, 2.05) is 0 Å². The maximum atomic E-state index is 13.5. The van der Waals surface area contributed by atoms with E-state index in [2.05, 4.69) is 10.3 Å². The number of methoxy groups -OCH3 is 1. The number of halogens is 3. The zero-order valence-corrected chi connectivity index (χ0v) is 20.8. The van der Waals surface area contributed by atoms with Crippen molar-refractivity contribution in [2.75, 3.05) is 13.7 Å². The Kier molecular flexibility index (Phi) is 8.29. The van der Waals surface area contributed by atoms with Crippen molar-refractivity contribution >= 4 is 18.0 Å². The Morgan fingerprint density at radius 1 is 1.14 bits per heavy atom. The zero-order valence-electron chi connectivity index (χ0n) is 20.8. The minimum atomic E-state index is -4.77. The number of hydrogen-bond donors (Lipinski definition) is 1. The van der Waals surface area contributed by atoms with Crippen LogP contribution in [0.25, 0.3) is 0 Å². The van der Waals surface area contributed by atoms with Crippen molar-refractivity contribution < 1.29 is 41.8 Å². The van der Waals surface area contributed by atoms with Gasteiger partial charge in [0.05, 0.1) is 7.11 Å². The Labute approximate surface area is 211 Å². The second-order valence-corrected chi connectivity index (χ2v) is 9.36. The van der Waals surface area contributed by atoms with E-state index in [0.29, 0.717) is 19.4 Å². The molecule has 1 N–H and O–H groups in total. The molecule has 1 fully saturated rings. The molecule has 200 valence electrons. The average molecular weight is 524 g/mol. The molecule has 2 aromatic rings. The molecule has 0 bridgehead atoms. The summed E-state index contributed by atoms with van der Waals surface area (Å²) in [5.41, 5.74) is -1.72. The minimum Gasteiger partial charge on any atom is -0.467 e. The molecule has 1 atom stereocenters. The molecule has 1 saturated heterocycles. The van der Waals surface area contributed by atoms with Crippen molar-refractivity contribution in [3.8, 4) is 11.6 Å². The summed E-state index contributed by atoms with van der Waals surface area (Å²) in [5.74, 6) is -1.26. The lowest BCUT2D eigenvalue weighted by Crippen LogP contribution is -2.41. The summed E-state index contributed by atoms with van der Waals surface area (Å²) in [6, 6.07) is 7.17. The van der Waals surface area contributed by atoms with Gasteiger partial charge in [-0.05, 0) is 63.4 Å². The van der Waals surface area contributed by atoms with Crippen LogP contribution in [0.4, 0.5) is 18.0 Å². The third-order valence-corrected chi connectivity index (χ3v) is 5.28. The standard InChI is InChI=1S/C25H28F3N3O6/c1-24(2,3)37-23(34)29-14-15-11-19(25(26,27)28)30-20(12-15)36-17-8-5-7-16(13-17)21(32)31-10-6-9-18(31)22(33)35-4/h5,7-8,11-13,18H,6,9-10,14H2,1-4H3,(H,29,34)/t18-/m0/s1. The molecular formula is C25H28F3N3O6. The summed E-state index contributed by atoms with van der Waals surface area (Å²) in [6.45, 7) is 5.08. The number of likely N-dealkylation sites (tertiary alicyclic amines) is 1. The lowest BCUT2D eigenvalue weighted by Gasteiger charge is -2.22. The molecule has 1 aromatic heterocycles. The van der Waals surface area contributed by atoms with Gasteiger partial charge in [0.15, 0.2) is 0 Å². The fourth-order valence-electron chi connectivity index (χ4n) is 3.72. The number of nitrogens with zero attached hydrogens (tertiary/aromatic N) is 2. The van der Waals surface area contributed by atoms with Crippen LogP contribution in [0.1, 0.15) is 55.2 Å². The number of carbonyl (C=O) groups is 3. The Bertz CT molecular complexity index is 1160. The number of nitrogens with one attached hydrogen (secondary N) is 1. The van der Waals surface area contributed by atoms with Crippen LogP contribution in [0.5, 0.6) is 11.6 Å². The highest BCUT2D eigenvalue weighted by Crippen LogP contribution is 2.32. The first-order chi connectivity index (χ1) is 17.3. The maximum absolute atomic E-state index is 13.5. The molecule has 0 spiro atoms. The normalized spacial score (nSPS) is 15.8. The van der Waals surface area contributed by atoms with Crippen molar-refractivity contribution in [3.05, 3.63) is 53.2 Å². The van der Waals surface area contributed by atoms with Gasteiger partial charge in [0.25, 0.3) is 5.91 Å². The van der Waals surface area contributed by atoms with Crippen molar-refractivity contribution in [1.82, 2.24) is 15.2 Å². The van der Waals surface area contributed by atoms with E-state index in [1.165, 1.54) is 42.3 Å². The van der Waals surface area contributed by atoms with Gasteiger partial charge in [-0.3, -0.25) is 4.79 Å². The van der Waals surface area contributed by atoms with E-state index in [4.69, 9.17) is 14.2 Å². The molecule has 0 unspecified atom stereocenters. The van der Waals surface area contributed by atoms with Gasteiger partial charge >= 0.3 is 18.2 Å². The smallest absolute Gasteiger partial charge is 0.433 e. The summed E-state index contributed by atoms with van der Waals surface area (Å²) in [4.78, 5) is 41.9. The van der Waals surface area contributed by atoms with E-state index >= 15 is 0 Å². The number of hydrogen-bond acceptors (Lipinski definition) is 7. The van der Waals surface area contributed by atoms with Crippen LogP contribution < -0.4 is 10.1 Å². The number of esters is 1. The molecule has 0 radical (unpaired) electrons. The lowest BCUT2D eigenvalue weighted by molar-refractivity contribution is -0.145. The van der Waals surface area contributed by atoms with Gasteiger partial charge in [-0.25, -0.2) is 14.6 Å². The molecule has 37 heavy (non-hydrogen) atoms. The van der Waals surface area contributed by atoms with Gasteiger partial charge in [0.1, 0.15) is 23.1 Å². The molecule has 12 heteroatoms. The molecule has 1 aromatic carbocycles. The first-order valence-electron chi connectivity index (χ1n) is 11.5. The number of carbonyl (C=O) groups excluding carboxylic acids is 3. The van der Waals surface area contributed by atoms with Crippen LogP contribution in [0.2, 0.25) is 0 Å². The SMILES string of the molecule is COC(=O)[C@@H]1CCCN1C(=O)c1cccc(Oc2cc(CNC(=O)OC(C)(C)C)cc(C(F)(F)F)n2)c1. The van der Waals surface area contributed by atoms with E-state index in [-0.39, 0.29) is 29.3 Å². The van der Waals surface area contributed by atoms with Gasteiger partial charge in [0.2, 0.25) is 5.88 Å². The Morgan fingerprint density at radius 2 is 1.86 bits per heavy atom. The monoisotopic (exact) mass is 523 g/mol. The summed E-state index contributed by atoms with van der Waals surface area (Å²) in [7, 11) is 1.25. The number of alkyl halides is 3. The second-order valence-electron chi connectivity index (χ2n) is 9.36. The van der Waals surface area contributed by atoms with E-state index in [0.717, 1.165) is 6.07 Å². The van der Waals surface area contributed by atoms with Gasteiger partial charge < -0.3 is 24.4 Å². The Morgan fingerprint density at radius 3 is 2.51 bits per heavy atom. The molecule has 1 aliphatic heterocycles. The topological polar surface area (TPSA) is 107 Å². The molecule has 9 nitrogen and oxygen atoms in total. The molecule has 2 amide bonds. The zero-order chi connectivity index (χ0) is 27.4. The van der Waals surface area contributed by atoms with Crippen molar-refractivity contribution in [2.24, 2.45) is 0 Å². The van der Waals surface area contributed by atoms with Crippen molar-refractivity contribution in [3.63, 3.8) is 0 Å². The van der Waals surface area contributed by atoms with Gasteiger partial charge in [-0.1, -0.05) is 6.07 Å². The predicted octanol–water partition coefficient (Wildman–Crippen LogP) is 4.70. The van der Waals surface area contributed by atoms with Gasteiger partial charge in [-0.15, -0.1) is 0 Å². The number of pyridine rings is 1. The number of benzene rings is 1. The highest BCUT2D eigenvalue weighted by Gasteiger charge is 2.36. The summed E-state index contributed by atoms with van der Waals surface area (Å²) in [6.07, 6.45) is -4.45. The summed E-state index contributed by atoms with van der Waals surface area (Å²) in [5, 5.41) is 2.40. The number of alkyl carbamates (subject to hydrolysis) is 1. The Hall–Kier alpha value is -3.83. The minimum absolute atomic E-state index is 0.0672. The molecule has 3 rings (SSSR count). The third kappa shape index (κ3) is 7.58. The molecule has 0 saturated carbocycles. The average Bonchev–Trinajstić information content (AvgIpc) is 3.30. The molecule has 1 aliphatic rings. The number of ether oxygens (including phenoxy) is 3. The van der Waals surface area contributed by atoms with Gasteiger partial charge in [-0.2, -0.15) is 13.2 Å². The van der Waals surface area contributed by atoms with Gasteiger partial charge in [0, 0.05) is 24.7 Å². The number of amides is 2. The first kappa shape index (κ1) is 27.8. The van der Waals surface area contributed by atoms with E-state index < -0.39 is 41.5 Å². The second kappa shape index (κ2) is 11.1. The number of rotatable bonds is 6. The lowest BCUT2D eigenvalue weighted by atomic mass is 10.1. The van der Waals surface area contributed by atoms with E-state index in [1.54, 1.807) is 20.8 Å². The van der Waals surface area contributed by atoms with Crippen LogP contribution >= 0.6 is 0 Å². The Balaban J connectivity index is 1.81. The van der Waals surface area contributed by atoms with Crippen molar-refractivity contribution in [1.29, 1.82) is 0 Å². The highest BCUT2D eigenvalue weighted by atomic mass is 19.4. The fourth-order valence-corrected chi connectivity index (χ4v) is 3.72. The summed E-state index contributed by atoms with van der Waals surface area (Å²) < 4.78 is 55.8. The number of aromatic nitrogens is 1. The highest BCUT2D eigenvalue weighted by molar-refractivity contribution is 5.97. The third-order valence-electron chi connectivity index (χ3n) is 5.28. The first-order valence-corrected chi connectivity index (χ1v) is 11.5. The molecule has 0 aliphatic carbocycles. The fraction of sp³-hybridized carbons (Fsp3) is 0.440. The molecule has 2 heterocycles. The van der Waals surface area contributed by atoms with Crippen LogP contribution in [0.15, 0.2) is 36.4 Å². The molecular weight excluding hydrogens is 495 g/mol. The summed E-state index contributed by atoms with van der Waals surface area (Å²) >= 11 is 0. The van der Waals surface area contributed by atoms with Crippen LogP contribution in [-0.2, 0) is 27.0 Å². The van der Waals surface area contributed by atoms with Crippen molar-refractivity contribution in [2.45, 2.75) is 58.0 Å². The largest absolute Gasteiger partial charge is 0.467 e. The van der Waals surface area contributed by atoms with E-state index in [9.17, 15) is 27.6 Å². The maximum Gasteiger partial charge on any atom is 0.433 e. The predicted molar refractivity (Wildman–Crippen MR) is 125 cm³/mol. The quantitative estimate of drug-likeness (QED) is 0.547.